The van der Waals surface area contributed by atoms with Crippen LogP contribution in [0.4, 0.5) is 0 Å². The van der Waals surface area contributed by atoms with Gasteiger partial charge in [0.25, 0.3) is 0 Å². The Hall–Kier alpha value is -3.07. The summed E-state index contributed by atoms with van der Waals surface area (Å²) in [7, 11) is 0. The van der Waals surface area contributed by atoms with Gasteiger partial charge in [0.2, 0.25) is 0 Å². The van der Waals surface area contributed by atoms with E-state index in [0.717, 1.165) is 5.56 Å². The monoisotopic (exact) mass is 318 g/mol. The van der Waals surface area contributed by atoms with E-state index in [9.17, 15) is 4.79 Å². The lowest BCUT2D eigenvalue weighted by atomic mass is 10.1. The molecule has 0 saturated heterocycles. The van der Waals surface area contributed by atoms with E-state index in [2.05, 4.69) is 25.6 Å². The maximum absolute atomic E-state index is 11.5. The predicted octanol–water partition coefficient (Wildman–Crippen LogP) is 4.53. The zero-order valence-corrected chi connectivity index (χ0v) is 13.5. The lowest BCUT2D eigenvalue weighted by Crippen LogP contribution is -2.05. The molecule has 0 aromatic heterocycles. The molecule has 0 atom stereocenters. The van der Waals surface area contributed by atoms with Crippen LogP contribution < -0.4 is 9.47 Å². The van der Waals surface area contributed by atoms with E-state index in [1.165, 1.54) is 17.7 Å². The Balaban J connectivity index is 1.68. The minimum Gasteiger partial charge on any atom is -0.489 e. The van der Waals surface area contributed by atoms with Gasteiger partial charge < -0.3 is 9.47 Å². The van der Waals surface area contributed by atoms with E-state index >= 15 is 0 Å². The van der Waals surface area contributed by atoms with Gasteiger partial charge in [0.05, 0.1) is 0 Å². The van der Waals surface area contributed by atoms with Crippen molar-refractivity contribution in [3.05, 3.63) is 95.8 Å². The minimum atomic E-state index is -0.107. The van der Waals surface area contributed by atoms with Crippen molar-refractivity contribution in [3.63, 3.8) is 0 Å². The zero-order valence-electron chi connectivity index (χ0n) is 13.5. The second-order valence-corrected chi connectivity index (χ2v) is 5.62. The molecule has 2 aromatic rings. The molecule has 1 aliphatic carbocycles. The standard InChI is InChI=1S/C21H18O3/c1-15-5-3-6-17(11-15)14-23-19-7-4-8-20(13-19)24-21-12-18(22)10-9-16(21)2/h3-13H,2,14H2,1H3. The Labute approximate surface area is 141 Å². The molecule has 0 saturated carbocycles. The van der Waals surface area contributed by atoms with Gasteiger partial charge in [-0.2, -0.15) is 0 Å². The van der Waals surface area contributed by atoms with Crippen LogP contribution in [-0.4, -0.2) is 5.78 Å². The Morgan fingerprint density at radius 1 is 1.00 bits per heavy atom. The first-order valence-corrected chi connectivity index (χ1v) is 7.69. The molecule has 0 amide bonds. The molecular formula is C21H18O3. The molecule has 0 N–H and O–H groups in total. The third kappa shape index (κ3) is 4.02. The summed E-state index contributed by atoms with van der Waals surface area (Å²) in [5, 5.41) is 0. The summed E-state index contributed by atoms with van der Waals surface area (Å²) in [5.74, 6) is 1.66. The minimum absolute atomic E-state index is 0.107. The molecule has 0 aliphatic heterocycles. The van der Waals surface area contributed by atoms with Gasteiger partial charge >= 0.3 is 0 Å². The van der Waals surface area contributed by atoms with Gasteiger partial charge in [0, 0.05) is 17.7 Å². The molecule has 2 aromatic carbocycles. The third-order valence-electron chi connectivity index (χ3n) is 3.56. The molecule has 120 valence electrons. The number of ketones is 1. The summed E-state index contributed by atoms with van der Waals surface area (Å²) in [4.78, 5) is 11.5. The highest BCUT2D eigenvalue weighted by molar-refractivity contribution is 6.02. The second-order valence-electron chi connectivity index (χ2n) is 5.62. The van der Waals surface area contributed by atoms with Gasteiger partial charge in [-0.25, -0.2) is 0 Å². The summed E-state index contributed by atoms with van der Waals surface area (Å²) in [6, 6.07) is 15.5. The Morgan fingerprint density at radius 3 is 2.62 bits per heavy atom. The Morgan fingerprint density at radius 2 is 1.79 bits per heavy atom. The van der Waals surface area contributed by atoms with E-state index in [1.807, 2.05) is 30.3 Å². The van der Waals surface area contributed by atoms with Crippen molar-refractivity contribution in [2.24, 2.45) is 0 Å². The van der Waals surface area contributed by atoms with Crippen LogP contribution in [0.2, 0.25) is 0 Å². The number of ether oxygens (including phenoxy) is 2. The molecule has 3 nitrogen and oxygen atoms in total. The van der Waals surface area contributed by atoms with Crippen molar-refractivity contribution < 1.29 is 14.3 Å². The normalized spacial score (nSPS) is 13.6. The molecule has 0 spiro atoms. The van der Waals surface area contributed by atoms with Crippen LogP contribution in [0.1, 0.15) is 11.1 Å². The van der Waals surface area contributed by atoms with Crippen LogP contribution in [-0.2, 0) is 11.4 Å². The Kier molecular flexibility index (Phi) is 4.62. The number of carbonyl (C=O) groups is 1. The molecule has 0 radical (unpaired) electrons. The summed E-state index contributed by atoms with van der Waals surface area (Å²) >= 11 is 0. The van der Waals surface area contributed by atoms with Gasteiger partial charge in [-0.1, -0.05) is 42.5 Å². The van der Waals surface area contributed by atoms with Gasteiger partial charge in [0.15, 0.2) is 5.78 Å². The van der Waals surface area contributed by atoms with E-state index in [1.54, 1.807) is 12.1 Å². The molecular weight excluding hydrogens is 300 g/mol. The lowest BCUT2D eigenvalue weighted by Gasteiger charge is -2.13. The average molecular weight is 318 g/mol. The van der Waals surface area contributed by atoms with Crippen LogP contribution in [0.15, 0.2) is 84.7 Å². The SMILES string of the molecule is C=C1C=CC(=O)C=C1Oc1cccc(OCc2cccc(C)c2)c1. The quantitative estimate of drug-likeness (QED) is 0.812. The summed E-state index contributed by atoms with van der Waals surface area (Å²) in [6.45, 7) is 6.41. The van der Waals surface area contributed by atoms with Crippen LogP contribution in [0.25, 0.3) is 0 Å². The maximum atomic E-state index is 11.5. The molecule has 0 fully saturated rings. The van der Waals surface area contributed by atoms with Crippen LogP contribution in [0.5, 0.6) is 11.5 Å². The van der Waals surface area contributed by atoms with Crippen molar-refractivity contribution in [2.45, 2.75) is 13.5 Å². The zero-order chi connectivity index (χ0) is 16.9. The summed E-state index contributed by atoms with van der Waals surface area (Å²) < 4.78 is 11.6. The van der Waals surface area contributed by atoms with Crippen LogP contribution >= 0.6 is 0 Å². The summed E-state index contributed by atoms with van der Waals surface area (Å²) in [6.07, 6.45) is 4.55. The highest BCUT2D eigenvalue weighted by Gasteiger charge is 2.11. The number of hydrogen-bond acceptors (Lipinski definition) is 3. The van der Waals surface area contributed by atoms with Crippen molar-refractivity contribution >= 4 is 5.78 Å². The van der Waals surface area contributed by atoms with Crippen LogP contribution in [0, 0.1) is 6.92 Å². The molecule has 3 heteroatoms. The molecule has 0 heterocycles. The lowest BCUT2D eigenvalue weighted by molar-refractivity contribution is -0.110. The van der Waals surface area contributed by atoms with Gasteiger partial charge in [-0.15, -0.1) is 0 Å². The highest BCUT2D eigenvalue weighted by atomic mass is 16.5. The number of allylic oxidation sites excluding steroid dienone is 3. The molecule has 1 aliphatic rings. The first-order chi connectivity index (χ1) is 11.6. The topological polar surface area (TPSA) is 35.5 Å². The highest BCUT2D eigenvalue weighted by Crippen LogP contribution is 2.25. The molecule has 0 unspecified atom stereocenters. The van der Waals surface area contributed by atoms with E-state index < -0.39 is 0 Å². The van der Waals surface area contributed by atoms with Gasteiger partial charge in [-0.05, 0) is 36.8 Å². The van der Waals surface area contributed by atoms with E-state index in [0.29, 0.717) is 29.4 Å². The number of aryl methyl sites for hydroxylation is 1. The average Bonchev–Trinajstić information content (AvgIpc) is 2.57. The second kappa shape index (κ2) is 7.01. The fraction of sp³-hybridized carbons (Fsp3) is 0.0952. The number of rotatable bonds is 5. The van der Waals surface area contributed by atoms with Crippen molar-refractivity contribution in [3.8, 4) is 11.5 Å². The Bertz CT molecular complexity index is 844. The van der Waals surface area contributed by atoms with E-state index in [-0.39, 0.29) is 5.78 Å². The molecule has 0 bridgehead atoms. The predicted molar refractivity (Wildman–Crippen MR) is 94.0 cm³/mol. The van der Waals surface area contributed by atoms with Crippen molar-refractivity contribution in [2.75, 3.05) is 0 Å². The first-order valence-electron chi connectivity index (χ1n) is 7.69. The van der Waals surface area contributed by atoms with Gasteiger partial charge in [-0.3, -0.25) is 4.79 Å². The largest absolute Gasteiger partial charge is 0.489 e. The van der Waals surface area contributed by atoms with Crippen LogP contribution in [0.3, 0.4) is 0 Å². The molecule has 3 rings (SSSR count). The van der Waals surface area contributed by atoms with Crippen molar-refractivity contribution in [1.29, 1.82) is 0 Å². The third-order valence-corrected chi connectivity index (χ3v) is 3.56. The van der Waals surface area contributed by atoms with Crippen molar-refractivity contribution in [1.82, 2.24) is 0 Å². The van der Waals surface area contributed by atoms with E-state index in [4.69, 9.17) is 9.47 Å². The molecule has 24 heavy (non-hydrogen) atoms. The maximum Gasteiger partial charge on any atom is 0.182 e. The number of carbonyl (C=O) groups excluding carboxylic acids is 1. The van der Waals surface area contributed by atoms with Gasteiger partial charge in [0.1, 0.15) is 23.9 Å². The number of hydrogen-bond donors (Lipinski definition) is 0. The number of benzene rings is 2. The first kappa shape index (κ1) is 15.8. The summed E-state index contributed by atoms with van der Waals surface area (Å²) in [5.41, 5.74) is 2.98. The smallest absolute Gasteiger partial charge is 0.182 e. The fourth-order valence-electron chi connectivity index (χ4n) is 2.35. The fourth-order valence-corrected chi connectivity index (χ4v) is 2.35.